The molecule has 5 nitrogen and oxygen atoms in total. The van der Waals surface area contributed by atoms with Gasteiger partial charge in [-0.3, -0.25) is 19.5 Å². The molecule has 1 aliphatic heterocycles. The molecule has 1 atom stereocenters. The average Bonchev–Trinajstić information content (AvgIpc) is 3.01. The van der Waals surface area contributed by atoms with Crippen LogP contribution >= 0.6 is 0 Å². The maximum Gasteiger partial charge on any atom is 0.300 e. The average molecular weight is 402 g/mol. The van der Waals surface area contributed by atoms with Gasteiger partial charge in [0.1, 0.15) is 11.6 Å². The largest absolute Gasteiger partial charge is 0.507 e. The van der Waals surface area contributed by atoms with Gasteiger partial charge >= 0.3 is 0 Å². The molecule has 0 bridgehead atoms. The summed E-state index contributed by atoms with van der Waals surface area (Å²) in [4.78, 5) is 31.2. The van der Waals surface area contributed by atoms with Crippen LogP contribution in [-0.2, 0) is 9.59 Å². The van der Waals surface area contributed by atoms with Crippen molar-refractivity contribution in [1.29, 1.82) is 0 Å². The van der Waals surface area contributed by atoms with E-state index < -0.39 is 23.5 Å². The van der Waals surface area contributed by atoms with Gasteiger partial charge in [0.2, 0.25) is 0 Å². The van der Waals surface area contributed by atoms with Crippen molar-refractivity contribution in [3.8, 4) is 0 Å². The third-order valence-electron chi connectivity index (χ3n) is 5.37. The number of hydrogen-bond acceptors (Lipinski definition) is 4. The van der Waals surface area contributed by atoms with E-state index in [0.717, 1.165) is 11.1 Å². The summed E-state index contributed by atoms with van der Waals surface area (Å²) in [7, 11) is 0. The molecule has 0 spiro atoms. The standard InChI is InChI=1S/C24H19FN2O3/c1-14-7-8-17(13-15(14)2)27-21(18-5-3-4-6-19(18)25)20(23(29)24(27)30)22(28)16-9-11-26-12-10-16/h3-13,21,28H,1-2H3/b22-20+. The number of aromatic nitrogens is 1. The fourth-order valence-corrected chi connectivity index (χ4v) is 3.63. The number of pyridine rings is 1. The first-order chi connectivity index (χ1) is 14.4. The Labute approximate surface area is 173 Å². The smallest absolute Gasteiger partial charge is 0.300 e. The highest BCUT2D eigenvalue weighted by Crippen LogP contribution is 2.43. The van der Waals surface area contributed by atoms with Crippen molar-refractivity contribution >= 4 is 23.1 Å². The van der Waals surface area contributed by atoms with Crippen molar-refractivity contribution < 1.29 is 19.1 Å². The molecule has 3 aromatic rings. The fraction of sp³-hybridized carbons (Fsp3) is 0.125. The monoisotopic (exact) mass is 402 g/mol. The molecule has 0 radical (unpaired) electrons. The molecule has 4 rings (SSSR count). The van der Waals surface area contributed by atoms with E-state index in [1.54, 1.807) is 18.2 Å². The van der Waals surface area contributed by atoms with Crippen LogP contribution in [0.2, 0.25) is 0 Å². The summed E-state index contributed by atoms with van der Waals surface area (Å²) in [5, 5.41) is 10.9. The first-order valence-electron chi connectivity index (χ1n) is 9.43. The molecule has 6 heteroatoms. The first-order valence-corrected chi connectivity index (χ1v) is 9.43. The van der Waals surface area contributed by atoms with Gasteiger partial charge in [-0.1, -0.05) is 24.3 Å². The molecule has 30 heavy (non-hydrogen) atoms. The zero-order chi connectivity index (χ0) is 21.4. The minimum atomic E-state index is -1.10. The minimum Gasteiger partial charge on any atom is -0.507 e. The highest BCUT2D eigenvalue weighted by atomic mass is 19.1. The number of anilines is 1. The van der Waals surface area contributed by atoms with Crippen LogP contribution in [0.1, 0.15) is 28.3 Å². The summed E-state index contributed by atoms with van der Waals surface area (Å²) < 4.78 is 14.8. The van der Waals surface area contributed by atoms with E-state index in [9.17, 15) is 19.1 Å². The van der Waals surface area contributed by atoms with Gasteiger partial charge in [0.15, 0.2) is 0 Å². The van der Waals surface area contributed by atoms with Crippen LogP contribution in [0.4, 0.5) is 10.1 Å². The van der Waals surface area contributed by atoms with E-state index in [1.165, 1.54) is 47.6 Å². The predicted octanol–water partition coefficient (Wildman–Crippen LogP) is 4.46. The van der Waals surface area contributed by atoms with Crippen molar-refractivity contribution in [3.05, 3.63) is 101 Å². The van der Waals surface area contributed by atoms with Crippen LogP contribution in [0.3, 0.4) is 0 Å². The number of rotatable bonds is 3. The Hall–Kier alpha value is -3.80. The van der Waals surface area contributed by atoms with Crippen molar-refractivity contribution in [1.82, 2.24) is 4.98 Å². The number of ketones is 1. The summed E-state index contributed by atoms with van der Waals surface area (Å²) in [6, 6.07) is 13.2. The van der Waals surface area contributed by atoms with Crippen LogP contribution in [0.15, 0.2) is 72.6 Å². The number of carbonyl (C=O) groups is 2. The number of benzene rings is 2. The number of carbonyl (C=O) groups excluding carboxylic acids is 2. The quantitative estimate of drug-likeness (QED) is 0.399. The van der Waals surface area contributed by atoms with E-state index in [2.05, 4.69) is 4.98 Å². The predicted molar refractivity (Wildman–Crippen MR) is 111 cm³/mol. The fourth-order valence-electron chi connectivity index (χ4n) is 3.63. The Bertz CT molecular complexity index is 1190. The zero-order valence-corrected chi connectivity index (χ0v) is 16.5. The molecular formula is C24H19FN2O3. The number of aliphatic hydroxyl groups excluding tert-OH is 1. The molecule has 0 aliphatic carbocycles. The molecule has 1 saturated heterocycles. The lowest BCUT2D eigenvalue weighted by Gasteiger charge is -2.26. The second-order valence-electron chi connectivity index (χ2n) is 7.20. The molecule has 1 aromatic heterocycles. The summed E-state index contributed by atoms with van der Waals surface area (Å²) >= 11 is 0. The third-order valence-corrected chi connectivity index (χ3v) is 5.37. The van der Waals surface area contributed by atoms with Crippen molar-refractivity contribution in [2.24, 2.45) is 0 Å². The molecule has 1 N–H and O–H groups in total. The molecule has 1 unspecified atom stereocenters. The van der Waals surface area contributed by atoms with Crippen LogP contribution in [0.25, 0.3) is 5.76 Å². The number of nitrogens with zero attached hydrogens (tertiary/aromatic N) is 2. The number of aliphatic hydroxyl groups is 1. The molecule has 2 heterocycles. The molecule has 1 aliphatic rings. The highest BCUT2D eigenvalue weighted by Gasteiger charge is 2.47. The minimum absolute atomic E-state index is 0.130. The number of amides is 1. The molecule has 150 valence electrons. The number of hydrogen-bond donors (Lipinski definition) is 1. The van der Waals surface area contributed by atoms with Crippen molar-refractivity contribution in [3.63, 3.8) is 0 Å². The van der Waals surface area contributed by atoms with Crippen LogP contribution in [-0.4, -0.2) is 21.8 Å². The third kappa shape index (κ3) is 3.16. The summed E-state index contributed by atoms with van der Waals surface area (Å²) in [6.07, 6.45) is 2.93. The number of halogens is 1. The summed E-state index contributed by atoms with van der Waals surface area (Å²) in [5.41, 5.74) is 2.71. The Morgan fingerprint density at radius 3 is 2.37 bits per heavy atom. The maximum atomic E-state index is 14.8. The lowest BCUT2D eigenvalue weighted by atomic mass is 9.95. The Morgan fingerprint density at radius 1 is 1.00 bits per heavy atom. The normalized spacial score (nSPS) is 18.1. The lowest BCUT2D eigenvalue weighted by molar-refractivity contribution is -0.132. The van der Waals surface area contributed by atoms with Gasteiger partial charge < -0.3 is 5.11 Å². The van der Waals surface area contributed by atoms with Gasteiger partial charge in [-0.05, 0) is 55.3 Å². The Balaban J connectivity index is 1.99. The van der Waals surface area contributed by atoms with Gasteiger partial charge in [-0.25, -0.2) is 4.39 Å². The number of Topliss-reactive ketones (excluding diaryl/α,β-unsaturated/α-hetero) is 1. The maximum absolute atomic E-state index is 14.8. The second-order valence-corrected chi connectivity index (χ2v) is 7.20. The SMILES string of the molecule is Cc1ccc(N2C(=O)C(=O)/C(=C(/O)c3ccncc3)C2c2ccccc2F)cc1C. The van der Waals surface area contributed by atoms with Gasteiger partial charge in [0.05, 0.1) is 11.6 Å². The summed E-state index contributed by atoms with van der Waals surface area (Å²) in [5.74, 6) is -2.62. The number of aryl methyl sites for hydroxylation is 2. The molecular weight excluding hydrogens is 383 g/mol. The lowest BCUT2D eigenvalue weighted by Crippen LogP contribution is -2.30. The van der Waals surface area contributed by atoms with E-state index in [-0.39, 0.29) is 16.9 Å². The van der Waals surface area contributed by atoms with Gasteiger partial charge in [0, 0.05) is 29.2 Å². The van der Waals surface area contributed by atoms with Crippen molar-refractivity contribution in [2.45, 2.75) is 19.9 Å². The zero-order valence-electron chi connectivity index (χ0n) is 16.5. The van der Waals surface area contributed by atoms with Crippen LogP contribution < -0.4 is 4.90 Å². The molecule has 0 saturated carbocycles. The van der Waals surface area contributed by atoms with Crippen molar-refractivity contribution in [2.75, 3.05) is 4.90 Å². The molecule has 1 fully saturated rings. The Morgan fingerprint density at radius 2 is 1.70 bits per heavy atom. The van der Waals surface area contributed by atoms with Crippen LogP contribution in [0.5, 0.6) is 0 Å². The van der Waals surface area contributed by atoms with Gasteiger partial charge in [-0.15, -0.1) is 0 Å². The highest BCUT2D eigenvalue weighted by molar-refractivity contribution is 6.51. The van der Waals surface area contributed by atoms with E-state index in [0.29, 0.717) is 11.3 Å². The van der Waals surface area contributed by atoms with E-state index in [1.807, 2.05) is 19.9 Å². The molecule has 1 amide bonds. The van der Waals surface area contributed by atoms with E-state index >= 15 is 0 Å². The Kier molecular flexibility index (Phi) is 4.91. The second kappa shape index (κ2) is 7.55. The topological polar surface area (TPSA) is 70.5 Å². The van der Waals surface area contributed by atoms with Crippen LogP contribution in [0, 0.1) is 19.7 Å². The van der Waals surface area contributed by atoms with Gasteiger partial charge in [-0.2, -0.15) is 0 Å². The van der Waals surface area contributed by atoms with Gasteiger partial charge in [0.25, 0.3) is 11.7 Å². The first kappa shape index (κ1) is 19.5. The van der Waals surface area contributed by atoms with E-state index in [4.69, 9.17) is 0 Å². The summed E-state index contributed by atoms with van der Waals surface area (Å²) in [6.45, 7) is 3.83. The molecule has 2 aromatic carbocycles.